The number of hydrogen-bond donors (Lipinski definition) is 1. The van der Waals surface area contributed by atoms with Crippen molar-refractivity contribution in [1.29, 1.82) is 0 Å². The molecule has 0 aromatic heterocycles. The molecule has 0 aliphatic rings. The van der Waals surface area contributed by atoms with Gasteiger partial charge in [0.2, 0.25) is 0 Å². The van der Waals surface area contributed by atoms with E-state index < -0.39 is 0 Å². The average Bonchev–Trinajstić information content (AvgIpc) is 1.98. The van der Waals surface area contributed by atoms with Crippen LogP contribution in [0.2, 0.25) is 0 Å². The summed E-state index contributed by atoms with van der Waals surface area (Å²) in [6.45, 7) is 3.60. The Morgan fingerprint density at radius 3 is 2.50 bits per heavy atom. The Kier molecular flexibility index (Phi) is 5.28. The van der Waals surface area contributed by atoms with Crippen molar-refractivity contribution in [3.05, 3.63) is 23.9 Å². The first-order valence-corrected chi connectivity index (χ1v) is 4.38. The van der Waals surface area contributed by atoms with Gasteiger partial charge in [0.05, 0.1) is 5.70 Å². The molecule has 4 heteroatoms. The van der Waals surface area contributed by atoms with Gasteiger partial charge in [-0.05, 0) is 5.41 Å². The summed E-state index contributed by atoms with van der Waals surface area (Å²) in [4.78, 5) is 5.90. The van der Waals surface area contributed by atoms with Gasteiger partial charge in [0.25, 0.3) is 0 Å². The molecule has 0 atom stereocenters. The molecule has 0 unspecified atom stereocenters. The molecule has 12 heavy (non-hydrogen) atoms. The molecule has 0 aliphatic heterocycles. The third kappa shape index (κ3) is 4.08. The molecule has 0 spiro atoms. The zero-order chi connectivity index (χ0) is 9.56. The number of aliphatic imine (C=N–C) groups is 1. The monoisotopic (exact) mass is 185 g/mol. The van der Waals surface area contributed by atoms with E-state index in [0.29, 0.717) is 5.70 Å². The van der Waals surface area contributed by atoms with E-state index in [2.05, 4.69) is 11.6 Å². The fourth-order valence-corrected chi connectivity index (χ4v) is 1.11. The van der Waals surface area contributed by atoms with Crippen LogP contribution >= 0.6 is 11.8 Å². The first-order valence-electron chi connectivity index (χ1n) is 3.50. The Morgan fingerprint density at radius 2 is 2.17 bits per heavy atom. The second-order valence-corrected chi connectivity index (χ2v) is 3.32. The molecule has 68 valence electrons. The summed E-state index contributed by atoms with van der Waals surface area (Å²) in [6.07, 6.45) is 1.82. The summed E-state index contributed by atoms with van der Waals surface area (Å²) in [6, 6.07) is 0. The topological polar surface area (TPSA) is 41.6 Å². The zero-order valence-electron chi connectivity index (χ0n) is 7.74. The second-order valence-electron chi connectivity index (χ2n) is 2.36. The SMILES string of the molecule is C=CSC(=NC)/C(N)=C\N(C)C. The Hall–Kier alpha value is -0.900. The maximum atomic E-state index is 5.74. The van der Waals surface area contributed by atoms with Gasteiger partial charge >= 0.3 is 0 Å². The minimum atomic E-state index is 0.660. The Morgan fingerprint density at radius 1 is 1.58 bits per heavy atom. The molecule has 0 saturated carbocycles. The van der Waals surface area contributed by atoms with Crippen molar-refractivity contribution >= 4 is 16.8 Å². The molecule has 0 aliphatic carbocycles. The van der Waals surface area contributed by atoms with Crippen LogP contribution in [-0.2, 0) is 0 Å². The van der Waals surface area contributed by atoms with Gasteiger partial charge in [-0.1, -0.05) is 18.3 Å². The summed E-state index contributed by atoms with van der Waals surface area (Å²) in [5.74, 6) is 0. The molecule has 0 bridgehead atoms. The van der Waals surface area contributed by atoms with Gasteiger partial charge in [0.15, 0.2) is 0 Å². The highest BCUT2D eigenvalue weighted by atomic mass is 32.2. The predicted molar refractivity (Wildman–Crippen MR) is 57.1 cm³/mol. The molecule has 0 aromatic carbocycles. The molecule has 0 heterocycles. The van der Waals surface area contributed by atoms with Crippen LogP contribution < -0.4 is 5.73 Å². The smallest absolute Gasteiger partial charge is 0.119 e. The van der Waals surface area contributed by atoms with E-state index in [9.17, 15) is 0 Å². The van der Waals surface area contributed by atoms with Crippen LogP contribution in [-0.4, -0.2) is 31.1 Å². The minimum absolute atomic E-state index is 0.660. The molecule has 0 amide bonds. The van der Waals surface area contributed by atoms with Crippen LogP contribution in [0.25, 0.3) is 0 Å². The highest BCUT2D eigenvalue weighted by Gasteiger charge is 2.00. The lowest BCUT2D eigenvalue weighted by molar-refractivity contribution is 0.560. The van der Waals surface area contributed by atoms with Crippen molar-refractivity contribution in [2.75, 3.05) is 21.1 Å². The standard InChI is InChI=1S/C8H15N3S/c1-5-12-8(10-2)7(9)6-11(3)4/h5-6H,1,9H2,2-4H3/b7-6+,10-8?. The van der Waals surface area contributed by atoms with Gasteiger partial charge in [0.1, 0.15) is 5.04 Å². The van der Waals surface area contributed by atoms with Gasteiger partial charge in [-0.2, -0.15) is 0 Å². The number of hydrogen-bond acceptors (Lipinski definition) is 4. The highest BCUT2D eigenvalue weighted by Crippen LogP contribution is 2.09. The van der Waals surface area contributed by atoms with Crippen molar-refractivity contribution in [3.8, 4) is 0 Å². The lowest BCUT2D eigenvalue weighted by Gasteiger charge is -2.08. The summed E-state index contributed by atoms with van der Waals surface area (Å²) in [7, 11) is 5.54. The van der Waals surface area contributed by atoms with E-state index >= 15 is 0 Å². The summed E-state index contributed by atoms with van der Waals surface area (Å²) in [5, 5.41) is 2.50. The summed E-state index contributed by atoms with van der Waals surface area (Å²) in [5.41, 5.74) is 6.40. The van der Waals surface area contributed by atoms with E-state index in [-0.39, 0.29) is 0 Å². The first-order chi connectivity index (χ1) is 5.61. The number of thioether (sulfide) groups is 1. The van der Waals surface area contributed by atoms with E-state index in [1.165, 1.54) is 11.8 Å². The third-order valence-electron chi connectivity index (χ3n) is 1.04. The summed E-state index contributed by atoms with van der Waals surface area (Å²) < 4.78 is 0. The van der Waals surface area contributed by atoms with Crippen LogP contribution in [0.4, 0.5) is 0 Å². The van der Waals surface area contributed by atoms with Gasteiger partial charge in [-0.3, -0.25) is 4.99 Å². The molecule has 0 fully saturated rings. The minimum Gasteiger partial charge on any atom is -0.395 e. The van der Waals surface area contributed by atoms with Crippen molar-refractivity contribution in [1.82, 2.24) is 4.90 Å². The van der Waals surface area contributed by atoms with Crippen molar-refractivity contribution in [2.45, 2.75) is 0 Å². The normalized spacial score (nSPS) is 12.9. The Labute approximate surface area is 78.0 Å². The highest BCUT2D eigenvalue weighted by molar-refractivity contribution is 8.16. The van der Waals surface area contributed by atoms with Crippen LogP contribution in [0.15, 0.2) is 28.9 Å². The summed E-state index contributed by atoms with van der Waals surface area (Å²) >= 11 is 1.42. The second kappa shape index (κ2) is 5.71. The van der Waals surface area contributed by atoms with Crippen LogP contribution in [0, 0.1) is 0 Å². The van der Waals surface area contributed by atoms with Gasteiger partial charge in [-0.15, -0.1) is 0 Å². The van der Waals surface area contributed by atoms with Gasteiger partial charge in [-0.25, -0.2) is 0 Å². The Bertz CT molecular complexity index is 206. The van der Waals surface area contributed by atoms with Gasteiger partial charge < -0.3 is 10.6 Å². The number of rotatable bonds is 3. The fraction of sp³-hybridized carbons (Fsp3) is 0.375. The molecule has 2 N–H and O–H groups in total. The third-order valence-corrected chi connectivity index (χ3v) is 1.85. The fourth-order valence-electron chi connectivity index (χ4n) is 0.662. The molecule has 0 rings (SSSR count). The zero-order valence-corrected chi connectivity index (χ0v) is 8.56. The van der Waals surface area contributed by atoms with E-state index in [0.717, 1.165) is 5.04 Å². The maximum Gasteiger partial charge on any atom is 0.119 e. The number of nitrogens with zero attached hydrogens (tertiary/aromatic N) is 2. The van der Waals surface area contributed by atoms with E-state index in [1.54, 1.807) is 12.5 Å². The lowest BCUT2D eigenvalue weighted by atomic mass is 10.5. The molecule has 0 radical (unpaired) electrons. The lowest BCUT2D eigenvalue weighted by Crippen LogP contribution is -2.13. The average molecular weight is 185 g/mol. The van der Waals surface area contributed by atoms with E-state index in [4.69, 9.17) is 5.73 Å². The van der Waals surface area contributed by atoms with Gasteiger partial charge in [0, 0.05) is 27.3 Å². The number of nitrogens with two attached hydrogens (primary N) is 1. The molecule has 0 aromatic rings. The van der Waals surface area contributed by atoms with Crippen LogP contribution in [0.3, 0.4) is 0 Å². The van der Waals surface area contributed by atoms with E-state index in [1.807, 2.05) is 25.2 Å². The molecular formula is C8H15N3S. The molecular weight excluding hydrogens is 170 g/mol. The Balaban J connectivity index is 4.42. The largest absolute Gasteiger partial charge is 0.395 e. The van der Waals surface area contributed by atoms with Crippen molar-refractivity contribution in [3.63, 3.8) is 0 Å². The van der Waals surface area contributed by atoms with Crippen molar-refractivity contribution in [2.24, 2.45) is 10.7 Å². The molecule has 3 nitrogen and oxygen atoms in total. The maximum absolute atomic E-state index is 5.74. The van der Waals surface area contributed by atoms with Crippen LogP contribution in [0.5, 0.6) is 0 Å². The predicted octanol–water partition coefficient (Wildman–Crippen LogP) is 1.25. The van der Waals surface area contributed by atoms with Crippen LogP contribution in [0.1, 0.15) is 0 Å². The quantitative estimate of drug-likeness (QED) is 0.531. The first kappa shape index (κ1) is 11.1. The molecule has 0 saturated heterocycles. The van der Waals surface area contributed by atoms with Crippen molar-refractivity contribution < 1.29 is 0 Å².